The number of hydrogen-bond acceptors (Lipinski definition) is 5. The van der Waals surface area contributed by atoms with E-state index >= 15 is 0 Å². The van der Waals surface area contributed by atoms with Gasteiger partial charge in [-0.1, -0.05) is 35.3 Å². The Morgan fingerprint density at radius 1 is 0.970 bits per heavy atom. The molecule has 3 rings (SSSR count). The first kappa shape index (κ1) is 24.6. The van der Waals surface area contributed by atoms with E-state index < -0.39 is 22.5 Å². The molecule has 7 nitrogen and oxygen atoms in total. The number of amides is 1. The van der Waals surface area contributed by atoms with Crippen molar-refractivity contribution in [3.63, 3.8) is 0 Å². The van der Waals surface area contributed by atoms with Crippen molar-refractivity contribution < 1.29 is 17.9 Å². The number of carbonyl (C=O) groups excluding carboxylic acids is 1. The van der Waals surface area contributed by atoms with Crippen LogP contribution >= 0.6 is 23.2 Å². The van der Waals surface area contributed by atoms with E-state index in [0.29, 0.717) is 28.1 Å². The Morgan fingerprint density at radius 3 is 2.12 bits per heavy atom. The van der Waals surface area contributed by atoms with E-state index in [-0.39, 0.29) is 0 Å². The molecule has 0 aromatic heterocycles. The van der Waals surface area contributed by atoms with Gasteiger partial charge < -0.3 is 4.74 Å². The fourth-order valence-corrected chi connectivity index (χ4v) is 3.86. The molecular weight excluding hydrogens is 485 g/mol. The summed E-state index contributed by atoms with van der Waals surface area (Å²) in [4.78, 5) is 12.2. The third kappa shape index (κ3) is 7.78. The van der Waals surface area contributed by atoms with Crippen molar-refractivity contribution >= 4 is 51.0 Å². The van der Waals surface area contributed by atoms with Crippen molar-refractivity contribution in [2.75, 3.05) is 17.1 Å². The zero-order chi connectivity index (χ0) is 23.8. The lowest BCUT2D eigenvalue weighted by atomic mass is 10.2. The van der Waals surface area contributed by atoms with Gasteiger partial charge >= 0.3 is 0 Å². The lowest BCUT2D eigenvalue weighted by Gasteiger charge is -2.21. The topological polar surface area (TPSA) is 88.1 Å². The molecule has 0 radical (unpaired) electrons. The molecule has 0 heterocycles. The maximum Gasteiger partial charge on any atom is 0.260 e. The van der Waals surface area contributed by atoms with E-state index in [9.17, 15) is 13.2 Å². The summed E-state index contributed by atoms with van der Waals surface area (Å²) in [5, 5.41) is 5.03. The van der Waals surface area contributed by atoms with Gasteiger partial charge in [0.15, 0.2) is 0 Å². The predicted molar refractivity (Wildman–Crippen MR) is 132 cm³/mol. The van der Waals surface area contributed by atoms with Crippen LogP contribution in [0.15, 0.2) is 77.9 Å². The molecule has 0 saturated heterocycles. The van der Waals surface area contributed by atoms with Gasteiger partial charge in [0.25, 0.3) is 5.91 Å². The minimum Gasteiger partial charge on any atom is -0.489 e. The van der Waals surface area contributed by atoms with E-state index in [1.807, 2.05) is 12.1 Å². The zero-order valence-electron chi connectivity index (χ0n) is 17.6. The highest BCUT2D eigenvalue weighted by molar-refractivity contribution is 7.92. The van der Waals surface area contributed by atoms with Crippen LogP contribution in [0, 0.1) is 0 Å². The van der Waals surface area contributed by atoms with Crippen molar-refractivity contribution in [1.29, 1.82) is 0 Å². The molecule has 3 aromatic rings. The van der Waals surface area contributed by atoms with Gasteiger partial charge in [0.2, 0.25) is 10.0 Å². The summed E-state index contributed by atoms with van der Waals surface area (Å²) in [7, 11) is -3.68. The minimum atomic E-state index is -3.68. The summed E-state index contributed by atoms with van der Waals surface area (Å²) in [5.74, 6) is 0.0902. The monoisotopic (exact) mass is 505 g/mol. The summed E-state index contributed by atoms with van der Waals surface area (Å²) >= 11 is 11.7. The average Bonchev–Trinajstić information content (AvgIpc) is 2.78. The molecule has 0 fully saturated rings. The first-order chi connectivity index (χ1) is 15.7. The maximum absolute atomic E-state index is 12.2. The van der Waals surface area contributed by atoms with Gasteiger partial charge in [0.05, 0.1) is 18.2 Å². The van der Waals surface area contributed by atoms with Gasteiger partial charge in [-0.3, -0.25) is 9.10 Å². The standard InChI is InChI=1S/C23H21Cl2N3O4S/c1-33(30,31)28(21-10-8-20(25)9-11-21)15-23(29)27-26-14-17-4-12-22(13-5-17)32-16-18-2-6-19(24)7-3-18/h2-14H,15-16H2,1H3,(H,27,29)/b26-14-. The highest BCUT2D eigenvalue weighted by atomic mass is 35.5. The first-order valence-electron chi connectivity index (χ1n) is 9.73. The Hall–Kier alpha value is -3.07. The molecule has 0 aliphatic carbocycles. The summed E-state index contributed by atoms with van der Waals surface area (Å²) < 4.78 is 30.9. The van der Waals surface area contributed by atoms with E-state index in [0.717, 1.165) is 21.7 Å². The molecule has 0 atom stereocenters. The number of rotatable bonds is 9. The summed E-state index contributed by atoms with van der Waals surface area (Å²) in [6, 6.07) is 20.7. The van der Waals surface area contributed by atoms with Crippen LogP contribution < -0.4 is 14.5 Å². The van der Waals surface area contributed by atoms with Crippen molar-refractivity contribution in [2.24, 2.45) is 5.10 Å². The largest absolute Gasteiger partial charge is 0.489 e. The molecule has 0 saturated carbocycles. The van der Waals surface area contributed by atoms with Gasteiger partial charge in [-0.25, -0.2) is 13.8 Å². The van der Waals surface area contributed by atoms with E-state index in [1.165, 1.54) is 18.3 Å². The van der Waals surface area contributed by atoms with E-state index in [2.05, 4.69) is 10.5 Å². The number of nitrogens with zero attached hydrogens (tertiary/aromatic N) is 2. The fraction of sp³-hybridized carbons (Fsp3) is 0.130. The summed E-state index contributed by atoms with van der Waals surface area (Å²) in [6.45, 7) is -0.0135. The van der Waals surface area contributed by atoms with Crippen LogP contribution in [0.4, 0.5) is 5.69 Å². The molecule has 1 amide bonds. The third-order valence-corrected chi connectivity index (χ3v) is 6.05. The minimum absolute atomic E-state index is 0.329. The molecule has 1 N–H and O–H groups in total. The fourth-order valence-electron chi connectivity index (χ4n) is 2.75. The van der Waals surface area contributed by atoms with Gasteiger partial charge in [-0.2, -0.15) is 5.10 Å². The number of halogens is 2. The summed E-state index contributed by atoms with van der Waals surface area (Å²) in [5.41, 5.74) is 4.39. The number of hydrazone groups is 1. The summed E-state index contributed by atoms with van der Waals surface area (Å²) in [6.07, 6.45) is 2.47. The van der Waals surface area contributed by atoms with Gasteiger partial charge in [-0.05, 0) is 71.8 Å². The number of ether oxygens (including phenoxy) is 1. The van der Waals surface area contributed by atoms with Crippen LogP contribution in [0.2, 0.25) is 10.0 Å². The quantitative estimate of drug-likeness (QED) is 0.342. The van der Waals surface area contributed by atoms with Gasteiger partial charge in [-0.15, -0.1) is 0 Å². The van der Waals surface area contributed by atoms with Crippen molar-refractivity contribution in [3.8, 4) is 5.75 Å². The van der Waals surface area contributed by atoms with Crippen LogP contribution in [0.3, 0.4) is 0 Å². The van der Waals surface area contributed by atoms with Crippen LogP contribution in [0.5, 0.6) is 5.75 Å². The molecule has 172 valence electrons. The van der Waals surface area contributed by atoms with Gasteiger partial charge in [0.1, 0.15) is 18.9 Å². The molecule has 33 heavy (non-hydrogen) atoms. The predicted octanol–water partition coefficient (Wildman–Crippen LogP) is 4.49. The van der Waals surface area contributed by atoms with Crippen molar-refractivity contribution in [3.05, 3.63) is 94.0 Å². The number of benzene rings is 3. The second kappa shape index (κ2) is 11.2. The number of nitrogens with one attached hydrogen (secondary N) is 1. The Bertz CT molecular complexity index is 1210. The van der Waals surface area contributed by atoms with Crippen LogP contribution in [0.25, 0.3) is 0 Å². The van der Waals surface area contributed by atoms with Crippen LogP contribution in [0.1, 0.15) is 11.1 Å². The second-order valence-corrected chi connectivity index (χ2v) is 9.80. The Labute approximate surface area is 202 Å². The third-order valence-electron chi connectivity index (χ3n) is 4.40. The smallest absolute Gasteiger partial charge is 0.260 e. The zero-order valence-corrected chi connectivity index (χ0v) is 19.9. The average molecular weight is 506 g/mol. The Morgan fingerprint density at radius 2 is 1.55 bits per heavy atom. The molecular formula is C23H21Cl2N3O4S. The van der Waals surface area contributed by atoms with E-state index in [1.54, 1.807) is 48.5 Å². The SMILES string of the molecule is CS(=O)(=O)N(CC(=O)N/N=C\c1ccc(OCc2ccc(Cl)cc2)cc1)c1ccc(Cl)cc1. The maximum atomic E-state index is 12.2. The molecule has 0 aliphatic rings. The Kier molecular flexibility index (Phi) is 8.32. The Balaban J connectivity index is 1.53. The molecule has 0 spiro atoms. The molecule has 0 unspecified atom stereocenters. The molecule has 0 bridgehead atoms. The molecule has 10 heteroatoms. The first-order valence-corrected chi connectivity index (χ1v) is 12.3. The van der Waals surface area contributed by atoms with Gasteiger partial charge in [0, 0.05) is 10.0 Å². The molecule has 3 aromatic carbocycles. The van der Waals surface area contributed by atoms with Crippen LogP contribution in [-0.4, -0.2) is 33.3 Å². The number of sulfonamides is 1. The molecule has 0 aliphatic heterocycles. The highest BCUT2D eigenvalue weighted by Crippen LogP contribution is 2.20. The lowest BCUT2D eigenvalue weighted by molar-refractivity contribution is -0.119. The highest BCUT2D eigenvalue weighted by Gasteiger charge is 2.20. The normalized spacial score (nSPS) is 11.4. The second-order valence-electron chi connectivity index (χ2n) is 7.02. The lowest BCUT2D eigenvalue weighted by Crippen LogP contribution is -2.38. The number of carbonyl (C=O) groups is 1. The number of hydrogen-bond donors (Lipinski definition) is 1. The van der Waals surface area contributed by atoms with Crippen molar-refractivity contribution in [2.45, 2.75) is 6.61 Å². The van der Waals surface area contributed by atoms with Crippen LogP contribution in [-0.2, 0) is 21.4 Å². The van der Waals surface area contributed by atoms with E-state index in [4.69, 9.17) is 27.9 Å². The number of anilines is 1. The van der Waals surface area contributed by atoms with Crippen molar-refractivity contribution in [1.82, 2.24) is 5.43 Å².